The zero-order valence-corrected chi connectivity index (χ0v) is 14.0. The first-order valence-corrected chi connectivity index (χ1v) is 7.80. The maximum absolute atomic E-state index is 11.5. The Morgan fingerprint density at radius 1 is 1.15 bits per heavy atom. The minimum absolute atomic E-state index is 0.0331. The van der Waals surface area contributed by atoms with Crippen molar-refractivity contribution in [2.24, 2.45) is 0 Å². The maximum atomic E-state index is 11.5. The van der Waals surface area contributed by atoms with Crippen molar-refractivity contribution in [2.45, 2.75) is 6.54 Å². The van der Waals surface area contributed by atoms with E-state index in [0.29, 0.717) is 23.4 Å². The fourth-order valence-corrected chi connectivity index (χ4v) is 2.54. The van der Waals surface area contributed by atoms with Crippen LogP contribution in [-0.2, 0) is 6.54 Å². The van der Waals surface area contributed by atoms with Crippen LogP contribution in [0.1, 0.15) is 5.56 Å². The Balaban J connectivity index is 1.87. The first-order chi connectivity index (χ1) is 12.6. The standard InChI is InChI=1S/C18H17N5O3/c1-26-17-5-3-2-4-13(17)9-20-15-7-6-12(8-16(15)23(24)25)14-10-21-18(19)22-11-14/h2-8,10-11,20H,9H2,1H3,(H2,19,21,22). The molecule has 0 atom stereocenters. The van der Waals surface area contributed by atoms with Gasteiger partial charge in [0.1, 0.15) is 11.4 Å². The lowest BCUT2D eigenvalue weighted by atomic mass is 10.1. The van der Waals surface area contributed by atoms with Gasteiger partial charge in [-0.3, -0.25) is 10.1 Å². The van der Waals surface area contributed by atoms with Gasteiger partial charge < -0.3 is 15.8 Å². The number of methoxy groups -OCH3 is 1. The van der Waals surface area contributed by atoms with Crippen molar-refractivity contribution >= 4 is 17.3 Å². The highest BCUT2D eigenvalue weighted by atomic mass is 16.6. The van der Waals surface area contributed by atoms with E-state index in [1.165, 1.54) is 18.5 Å². The van der Waals surface area contributed by atoms with Crippen LogP contribution >= 0.6 is 0 Å². The molecule has 0 bridgehead atoms. The molecule has 0 spiro atoms. The number of nitrogens with zero attached hydrogens (tertiary/aromatic N) is 3. The second kappa shape index (κ2) is 7.47. The summed E-state index contributed by atoms with van der Waals surface area (Å²) in [6.07, 6.45) is 3.06. The third-order valence-electron chi connectivity index (χ3n) is 3.86. The SMILES string of the molecule is COc1ccccc1CNc1ccc(-c2cnc(N)nc2)cc1[N+](=O)[O-]. The minimum Gasteiger partial charge on any atom is -0.496 e. The summed E-state index contributed by atoms with van der Waals surface area (Å²) in [5.74, 6) is 0.872. The lowest BCUT2D eigenvalue weighted by Crippen LogP contribution is -2.04. The molecule has 132 valence electrons. The van der Waals surface area contributed by atoms with E-state index >= 15 is 0 Å². The molecule has 0 unspecified atom stereocenters. The van der Waals surface area contributed by atoms with Crippen LogP contribution in [0.2, 0.25) is 0 Å². The first-order valence-electron chi connectivity index (χ1n) is 7.80. The van der Waals surface area contributed by atoms with Crippen molar-refractivity contribution in [3.63, 3.8) is 0 Å². The van der Waals surface area contributed by atoms with Crippen LogP contribution in [0.3, 0.4) is 0 Å². The molecular weight excluding hydrogens is 334 g/mol. The minimum atomic E-state index is -0.424. The number of hydrogen-bond acceptors (Lipinski definition) is 7. The van der Waals surface area contributed by atoms with Crippen molar-refractivity contribution < 1.29 is 9.66 Å². The highest BCUT2D eigenvalue weighted by molar-refractivity contribution is 5.73. The predicted octanol–water partition coefficient (Wildman–Crippen LogP) is 3.25. The molecule has 3 aromatic rings. The molecule has 1 heterocycles. The maximum Gasteiger partial charge on any atom is 0.292 e. The van der Waals surface area contributed by atoms with E-state index in [-0.39, 0.29) is 11.6 Å². The molecular formula is C18H17N5O3. The van der Waals surface area contributed by atoms with Crippen LogP contribution in [0.4, 0.5) is 17.3 Å². The Bertz CT molecular complexity index is 928. The van der Waals surface area contributed by atoms with Crippen molar-refractivity contribution in [3.8, 4) is 16.9 Å². The fourth-order valence-electron chi connectivity index (χ4n) is 2.54. The highest BCUT2D eigenvalue weighted by Crippen LogP contribution is 2.31. The Labute approximate surface area is 149 Å². The number of benzene rings is 2. The Hall–Kier alpha value is -3.68. The number of nitro groups is 1. The van der Waals surface area contributed by atoms with Gasteiger partial charge in [-0.1, -0.05) is 24.3 Å². The molecule has 0 radical (unpaired) electrons. The molecule has 2 aromatic carbocycles. The second-order valence-corrected chi connectivity index (χ2v) is 5.48. The molecule has 0 amide bonds. The number of rotatable bonds is 6. The van der Waals surface area contributed by atoms with Gasteiger partial charge in [-0.2, -0.15) is 0 Å². The zero-order valence-electron chi connectivity index (χ0n) is 14.0. The van der Waals surface area contributed by atoms with E-state index in [2.05, 4.69) is 15.3 Å². The molecule has 0 aliphatic rings. The average molecular weight is 351 g/mol. The summed E-state index contributed by atoms with van der Waals surface area (Å²) in [5, 5.41) is 14.6. The Kier molecular flexibility index (Phi) is 4.93. The number of para-hydroxylation sites is 1. The number of nitrogens with one attached hydrogen (secondary N) is 1. The van der Waals surface area contributed by atoms with Gasteiger partial charge in [-0.05, 0) is 17.7 Å². The van der Waals surface area contributed by atoms with Crippen molar-refractivity contribution in [2.75, 3.05) is 18.2 Å². The molecule has 0 saturated carbocycles. The Morgan fingerprint density at radius 2 is 1.88 bits per heavy atom. The largest absolute Gasteiger partial charge is 0.496 e. The molecule has 0 aliphatic heterocycles. The normalized spacial score (nSPS) is 10.3. The number of nitrogens with two attached hydrogens (primary N) is 1. The summed E-state index contributed by atoms with van der Waals surface area (Å²) >= 11 is 0. The van der Waals surface area contributed by atoms with Crippen LogP contribution < -0.4 is 15.8 Å². The number of anilines is 2. The van der Waals surface area contributed by atoms with E-state index in [9.17, 15) is 10.1 Å². The predicted molar refractivity (Wildman–Crippen MR) is 98.9 cm³/mol. The van der Waals surface area contributed by atoms with Crippen molar-refractivity contribution in [3.05, 3.63) is 70.5 Å². The number of hydrogen-bond donors (Lipinski definition) is 2. The van der Waals surface area contributed by atoms with Gasteiger partial charge in [0.05, 0.1) is 12.0 Å². The van der Waals surface area contributed by atoms with Gasteiger partial charge in [-0.25, -0.2) is 9.97 Å². The van der Waals surface area contributed by atoms with Crippen LogP contribution in [0.25, 0.3) is 11.1 Å². The summed E-state index contributed by atoms with van der Waals surface area (Å²) in [6.45, 7) is 0.398. The fraction of sp³-hybridized carbons (Fsp3) is 0.111. The molecule has 8 heteroatoms. The van der Waals surface area contributed by atoms with Gasteiger partial charge in [0.2, 0.25) is 5.95 Å². The third kappa shape index (κ3) is 3.69. The van der Waals surface area contributed by atoms with Gasteiger partial charge in [0, 0.05) is 36.1 Å². The van der Waals surface area contributed by atoms with Crippen LogP contribution in [0.5, 0.6) is 5.75 Å². The smallest absolute Gasteiger partial charge is 0.292 e. The monoisotopic (exact) mass is 351 g/mol. The van der Waals surface area contributed by atoms with Gasteiger partial charge in [0.15, 0.2) is 0 Å². The topological polar surface area (TPSA) is 116 Å². The lowest BCUT2D eigenvalue weighted by Gasteiger charge is -2.11. The van der Waals surface area contributed by atoms with Crippen molar-refractivity contribution in [1.82, 2.24) is 9.97 Å². The number of nitro benzene ring substituents is 1. The van der Waals surface area contributed by atoms with Gasteiger partial charge >= 0.3 is 0 Å². The summed E-state index contributed by atoms with van der Waals surface area (Å²) < 4.78 is 5.30. The molecule has 3 rings (SSSR count). The molecule has 0 aliphatic carbocycles. The highest BCUT2D eigenvalue weighted by Gasteiger charge is 2.16. The van der Waals surface area contributed by atoms with E-state index in [0.717, 1.165) is 11.3 Å². The zero-order chi connectivity index (χ0) is 18.5. The van der Waals surface area contributed by atoms with E-state index in [1.807, 2.05) is 24.3 Å². The van der Waals surface area contributed by atoms with E-state index in [4.69, 9.17) is 10.5 Å². The second-order valence-electron chi connectivity index (χ2n) is 5.48. The van der Waals surface area contributed by atoms with E-state index < -0.39 is 4.92 Å². The molecule has 1 aromatic heterocycles. The summed E-state index contributed by atoms with van der Waals surface area (Å²) in [6, 6.07) is 12.4. The first kappa shape index (κ1) is 17.2. The molecule has 0 saturated heterocycles. The summed E-state index contributed by atoms with van der Waals surface area (Å²) in [4.78, 5) is 18.9. The number of nitrogen functional groups attached to an aromatic ring is 1. The van der Waals surface area contributed by atoms with E-state index in [1.54, 1.807) is 19.2 Å². The average Bonchev–Trinajstić information content (AvgIpc) is 2.67. The van der Waals surface area contributed by atoms with Gasteiger partial charge in [-0.15, -0.1) is 0 Å². The quantitative estimate of drug-likeness (QED) is 0.517. The van der Waals surface area contributed by atoms with Crippen LogP contribution in [0, 0.1) is 10.1 Å². The summed E-state index contributed by atoms with van der Waals surface area (Å²) in [5.41, 5.74) is 8.05. The number of ether oxygens (including phenoxy) is 1. The molecule has 26 heavy (non-hydrogen) atoms. The molecule has 0 fully saturated rings. The van der Waals surface area contributed by atoms with Crippen LogP contribution in [-0.4, -0.2) is 22.0 Å². The third-order valence-corrected chi connectivity index (χ3v) is 3.86. The van der Waals surface area contributed by atoms with Crippen molar-refractivity contribution in [1.29, 1.82) is 0 Å². The van der Waals surface area contributed by atoms with Gasteiger partial charge in [0.25, 0.3) is 5.69 Å². The lowest BCUT2D eigenvalue weighted by molar-refractivity contribution is -0.383. The Morgan fingerprint density at radius 3 is 2.58 bits per heavy atom. The van der Waals surface area contributed by atoms with Crippen LogP contribution in [0.15, 0.2) is 54.9 Å². The summed E-state index contributed by atoms with van der Waals surface area (Å²) in [7, 11) is 1.59. The molecule has 3 N–H and O–H groups in total. The number of aromatic nitrogens is 2. The molecule has 8 nitrogen and oxygen atoms in total.